The number of rotatable bonds is 6. The third-order valence-corrected chi connectivity index (χ3v) is 3.07. The third kappa shape index (κ3) is 6.64. The van der Waals surface area contributed by atoms with Crippen molar-refractivity contribution in [1.29, 1.82) is 0 Å². The van der Waals surface area contributed by atoms with Gasteiger partial charge in [0.25, 0.3) is 0 Å². The predicted molar refractivity (Wildman–Crippen MR) is 69.0 cm³/mol. The fourth-order valence-corrected chi connectivity index (χ4v) is 2.00. The Bertz CT molecular complexity index is 223. The van der Waals surface area contributed by atoms with Crippen LogP contribution in [-0.4, -0.2) is 61.6 Å². The van der Waals surface area contributed by atoms with Gasteiger partial charge in [-0.2, -0.15) is 0 Å². The van der Waals surface area contributed by atoms with Gasteiger partial charge in [0.1, 0.15) is 0 Å². The lowest BCUT2D eigenvalue weighted by Gasteiger charge is -2.32. The van der Waals surface area contributed by atoms with Crippen LogP contribution in [0.15, 0.2) is 0 Å². The SMILES string of the molecule is CC(C)OC(=O)CCCCN1CCN(C)CC1. The van der Waals surface area contributed by atoms with E-state index >= 15 is 0 Å². The second-order valence-corrected chi connectivity index (χ2v) is 5.14. The summed E-state index contributed by atoms with van der Waals surface area (Å²) in [6, 6.07) is 0. The zero-order chi connectivity index (χ0) is 12.7. The molecule has 0 unspecified atom stereocenters. The second kappa shape index (κ2) is 7.67. The van der Waals surface area contributed by atoms with Crippen molar-refractivity contribution in [3.63, 3.8) is 0 Å². The van der Waals surface area contributed by atoms with E-state index in [4.69, 9.17) is 4.74 Å². The minimum absolute atomic E-state index is 0.0140. The molecule has 0 aromatic rings. The van der Waals surface area contributed by atoms with Gasteiger partial charge in [-0.15, -0.1) is 0 Å². The predicted octanol–water partition coefficient (Wildman–Crippen LogP) is 1.36. The van der Waals surface area contributed by atoms with Crippen molar-refractivity contribution in [2.45, 2.75) is 39.2 Å². The van der Waals surface area contributed by atoms with E-state index in [9.17, 15) is 4.79 Å². The highest BCUT2D eigenvalue weighted by molar-refractivity contribution is 5.69. The number of likely N-dealkylation sites (N-methyl/N-ethyl adjacent to an activating group) is 1. The molecule has 0 saturated carbocycles. The van der Waals surface area contributed by atoms with Gasteiger partial charge in [-0.25, -0.2) is 0 Å². The largest absolute Gasteiger partial charge is 0.463 e. The Morgan fingerprint density at radius 1 is 1.18 bits per heavy atom. The number of carbonyl (C=O) groups is 1. The number of nitrogens with zero attached hydrogens (tertiary/aromatic N) is 2. The zero-order valence-electron chi connectivity index (χ0n) is 11.4. The molecule has 0 amide bonds. The van der Waals surface area contributed by atoms with Crippen molar-refractivity contribution >= 4 is 5.97 Å². The van der Waals surface area contributed by atoms with Crippen molar-refractivity contribution < 1.29 is 9.53 Å². The van der Waals surface area contributed by atoms with Gasteiger partial charge in [0.15, 0.2) is 0 Å². The highest BCUT2D eigenvalue weighted by Crippen LogP contribution is 2.04. The lowest BCUT2D eigenvalue weighted by Crippen LogP contribution is -2.44. The summed E-state index contributed by atoms with van der Waals surface area (Å²) in [5.41, 5.74) is 0. The van der Waals surface area contributed by atoms with E-state index < -0.39 is 0 Å². The topological polar surface area (TPSA) is 32.8 Å². The first-order chi connectivity index (χ1) is 8.08. The Balaban J connectivity index is 1.99. The van der Waals surface area contributed by atoms with E-state index in [-0.39, 0.29) is 12.1 Å². The van der Waals surface area contributed by atoms with Crippen molar-refractivity contribution in [3.8, 4) is 0 Å². The molecular weight excluding hydrogens is 216 g/mol. The normalized spacial score (nSPS) is 18.6. The summed E-state index contributed by atoms with van der Waals surface area (Å²) in [6.07, 6.45) is 2.61. The minimum Gasteiger partial charge on any atom is -0.463 e. The molecule has 1 aliphatic rings. The quantitative estimate of drug-likeness (QED) is 0.520. The van der Waals surface area contributed by atoms with Crippen LogP contribution in [-0.2, 0) is 9.53 Å². The molecule has 1 saturated heterocycles. The summed E-state index contributed by atoms with van der Waals surface area (Å²) in [5, 5.41) is 0. The Kier molecular flexibility index (Phi) is 6.52. The second-order valence-electron chi connectivity index (χ2n) is 5.14. The third-order valence-electron chi connectivity index (χ3n) is 3.07. The van der Waals surface area contributed by atoms with E-state index in [1.54, 1.807) is 0 Å². The number of esters is 1. The monoisotopic (exact) mass is 242 g/mol. The minimum atomic E-state index is -0.0571. The van der Waals surface area contributed by atoms with Gasteiger partial charge >= 0.3 is 5.97 Å². The molecule has 4 heteroatoms. The lowest BCUT2D eigenvalue weighted by atomic mass is 10.2. The van der Waals surface area contributed by atoms with Crippen LogP contribution in [0.3, 0.4) is 0 Å². The molecule has 1 rings (SSSR count). The van der Waals surface area contributed by atoms with Gasteiger partial charge in [0, 0.05) is 32.6 Å². The van der Waals surface area contributed by atoms with E-state index in [1.165, 1.54) is 0 Å². The van der Waals surface area contributed by atoms with Gasteiger partial charge in [0.05, 0.1) is 6.10 Å². The van der Waals surface area contributed by atoms with Crippen LogP contribution in [0.2, 0.25) is 0 Å². The summed E-state index contributed by atoms with van der Waals surface area (Å²) in [5.74, 6) is -0.0571. The molecular formula is C13H26N2O2. The van der Waals surface area contributed by atoms with E-state index in [1.807, 2.05) is 13.8 Å². The molecule has 0 bridgehead atoms. The molecule has 0 aromatic carbocycles. The smallest absolute Gasteiger partial charge is 0.306 e. The lowest BCUT2D eigenvalue weighted by molar-refractivity contribution is -0.147. The Hall–Kier alpha value is -0.610. The Morgan fingerprint density at radius 2 is 1.82 bits per heavy atom. The first-order valence-corrected chi connectivity index (χ1v) is 6.68. The summed E-state index contributed by atoms with van der Waals surface area (Å²) in [6.45, 7) is 9.54. The molecule has 100 valence electrons. The first kappa shape index (κ1) is 14.5. The highest BCUT2D eigenvalue weighted by atomic mass is 16.5. The molecule has 4 nitrogen and oxygen atoms in total. The van der Waals surface area contributed by atoms with Crippen LogP contribution in [0, 0.1) is 0 Å². The van der Waals surface area contributed by atoms with Gasteiger partial charge < -0.3 is 14.5 Å². The average Bonchev–Trinajstić information content (AvgIpc) is 2.26. The summed E-state index contributed by atoms with van der Waals surface area (Å²) in [4.78, 5) is 16.1. The van der Waals surface area contributed by atoms with Crippen molar-refractivity contribution in [2.75, 3.05) is 39.8 Å². The van der Waals surface area contributed by atoms with Crippen molar-refractivity contribution in [3.05, 3.63) is 0 Å². The first-order valence-electron chi connectivity index (χ1n) is 6.68. The Labute approximate surface area is 105 Å². The van der Waals surface area contributed by atoms with Gasteiger partial charge in [-0.05, 0) is 40.3 Å². The number of piperazine rings is 1. The van der Waals surface area contributed by atoms with E-state index in [0.717, 1.165) is 45.6 Å². The number of hydrogen-bond donors (Lipinski definition) is 0. The van der Waals surface area contributed by atoms with Crippen molar-refractivity contribution in [2.24, 2.45) is 0 Å². The number of ether oxygens (including phenoxy) is 1. The van der Waals surface area contributed by atoms with Crippen LogP contribution < -0.4 is 0 Å². The van der Waals surface area contributed by atoms with Gasteiger partial charge in [-0.1, -0.05) is 0 Å². The number of unbranched alkanes of at least 4 members (excludes halogenated alkanes) is 1. The van der Waals surface area contributed by atoms with Crippen molar-refractivity contribution in [1.82, 2.24) is 9.80 Å². The number of hydrogen-bond acceptors (Lipinski definition) is 4. The molecule has 1 fully saturated rings. The zero-order valence-corrected chi connectivity index (χ0v) is 11.4. The Morgan fingerprint density at radius 3 is 2.41 bits per heavy atom. The van der Waals surface area contributed by atoms with E-state index in [0.29, 0.717) is 6.42 Å². The fourth-order valence-electron chi connectivity index (χ4n) is 2.00. The molecule has 1 heterocycles. The van der Waals surface area contributed by atoms with Crippen LogP contribution in [0.1, 0.15) is 33.1 Å². The summed E-state index contributed by atoms with van der Waals surface area (Å²) >= 11 is 0. The average molecular weight is 242 g/mol. The maximum atomic E-state index is 11.3. The van der Waals surface area contributed by atoms with Gasteiger partial charge in [0.2, 0.25) is 0 Å². The molecule has 0 atom stereocenters. The maximum Gasteiger partial charge on any atom is 0.306 e. The molecule has 0 radical (unpaired) electrons. The van der Waals surface area contributed by atoms with Crippen LogP contribution in [0.25, 0.3) is 0 Å². The standard InChI is InChI=1S/C13H26N2O2/c1-12(2)17-13(16)6-4-5-7-15-10-8-14(3)9-11-15/h12H,4-11H2,1-3H3. The molecule has 0 spiro atoms. The van der Waals surface area contributed by atoms with Crippen LogP contribution >= 0.6 is 0 Å². The summed E-state index contributed by atoms with van der Waals surface area (Å²) < 4.78 is 5.10. The molecule has 0 aromatic heterocycles. The summed E-state index contributed by atoms with van der Waals surface area (Å²) in [7, 11) is 2.17. The molecule has 0 N–H and O–H groups in total. The molecule has 1 aliphatic heterocycles. The maximum absolute atomic E-state index is 11.3. The highest BCUT2D eigenvalue weighted by Gasteiger charge is 2.13. The van der Waals surface area contributed by atoms with Crippen LogP contribution in [0.5, 0.6) is 0 Å². The molecule has 17 heavy (non-hydrogen) atoms. The molecule has 0 aliphatic carbocycles. The van der Waals surface area contributed by atoms with Gasteiger partial charge in [-0.3, -0.25) is 4.79 Å². The van der Waals surface area contributed by atoms with Crippen LogP contribution in [0.4, 0.5) is 0 Å². The van der Waals surface area contributed by atoms with E-state index in [2.05, 4.69) is 16.8 Å². The number of carbonyl (C=O) groups excluding carboxylic acids is 1. The fraction of sp³-hybridized carbons (Fsp3) is 0.923.